The van der Waals surface area contributed by atoms with Gasteiger partial charge in [-0.2, -0.15) is 5.01 Å². The molecule has 0 aliphatic carbocycles. The van der Waals surface area contributed by atoms with Crippen LogP contribution >= 0.6 is 0 Å². The quantitative estimate of drug-likeness (QED) is 0.561. The average Bonchev–Trinajstić information content (AvgIpc) is 2.99. The summed E-state index contributed by atoms with van der Waals surface area (Å²) < 4.78 is 10.2. The Labute approximate surface area is 146 Å². The maximum atomic E-state index is 12.4. The standard InChI is InChI=1S/C18H20N2O5/c1-3-5-11-15-13-25-17(22)19(15)20(16(21)4-2)18(23)24-12-14-9-7-6-8-10-14/h3-4,6-10,15H,1-2,5,11-13H2/t15-/m1/s1. The number of hydrogen-bond acceptors (Lipinski definition) is 5. The van der Waals surface area contributed by atoms with Crippen LogP contribution in [0.25, 0.3) is 0 Å². The molecule has 1 saturated heterocycles. The summed E-state index contributed by atoms with van der Waals surface area (Å²) in [5.41, 5.74) is 0.758. The predicted molar refractivity (Wildman–Crippen MR) is 90.1 cm³/mol. The zero-order valence-corrected chi connectivity index (χ0v) is 13.8. The Balaban J connectivity index is 2.14. The summed E-state index contributed by atoms with van der Waals surface area (Å²) in [6.45, 7) is 7.06. The number of allylic oxidation sites excluding steroid dienone is 1. The second-order valence-corrected chi connectivity index (χ2v) is 5.34. The third kappa shape index (κ3) is 4.47. The molecule has 0 bridgehead atoms. The van der Waals surface area contributed by atoms with Crippen LogP contribution in [0.3, 0.4) is 0 Å². The summed E-state index contributed by atoms with van der Waals surface area (Å²) >= 11 is 0. The number of rotatable bonds is 7. The second-order valence-electron chi connectivity index (χ2n) is 5.34. The Hall–Kier alpha value is -3.09. The lowest BCUT2D eigenvalue weighted by molar-refractivity contribution is -0.136. The molecular formula is C18H20N2O5. The van der Waals surface area contributed by atoms with Crippen LogP contribution in [0.4, 0.5) is 9.59 Å². The highest BCUT2D eigenvalue weighted by molar-refractivity contribution is 5.99. The molecule has 0 aromatic heterocycles. The Morgan fingerprint density at radius 1 is 1.32 bits per heavy atom. The van der Waals surface area contributed by atoms with Crippen molar-refractivity contribution in [3.8, 4) is 0 Å². The molecule has 1 aromatic rings. The van der Waals surface area contributed by atoms with Crippen LogP contribution in [0.15, 0.2) is 55.6 Å². The van der Waals surface area contributed by atoms with E-state index in [0.717, 1.165) is 16.6 Å². The first-order chi connectivity index (χ1) is 12.1. The minimum absolute atomic E-state index is 0.0270. The number of ether oxygens (including phenoxy) is 2. The highest BCUT2D eigenvalue weighted by Crippen LogP contribution is 2.21. The van der Waals surface area contributed by atoms with Crippen molar-refractivity contribution in [2.45, 2.75) is 25.5 Å². The molecule has 3 amide bonds. The van der Waals surface area contributed by atoms with Crippen LogP contribution in [0.2, 0.25) is 0 Å². The van der Waals surface area contributed by atoms with Crippen molar-refractivity contribution in [2.75, 3.05) is 6.61 Å². The number of carbonyl (C=O) groups is 3. The van der Waals surface area contributed by atoms with Crippen molar-refractivity contribution in [3.63, 3.8) is 0 Å². The number of nitrogens with zero attached hydrogens (tertiary/aromatic N) is 2. The SMILES string of the molecule is C=CCC[C@@H]1COC(=O)N1N(C(=O)C=C)C(=O)OCc1ccccc1. The van der Waals surface area contributed by atoms with Gasteiger partial charge in [0.15, 0.2) is 0 Å². The molecule has 25 heavy (non-hydrogen) atoms. The van der Waals surface area contributed by atoms with Gasteiger partial charge in [-0.3, -0.25) is 4.79 Å². The molecule has 1 aliphatic rings. The third-order valence-corrected chi connectivity index (χ3v) is 3.61. The van der Waals surface area contributed by atoms with Gasteiger partial charge in [-0.05, 0) is 24.5 Å². The Bertz CT molecular complexity index is 659. The number of hydrogen-bond donors (Lipinski definition) is 0. The first-order valence-electron chi connectivity index (χ1n) is 7.82. The zero-order valence-electron chi connectivity index (χ0n) is 13.8. The smallest absolute Gasteiger partial charge is 0.436 e. The molecule has 0 radical (unpaired) electrons. The number of carbonyl (C=O) groups excluding carboxylic acids is 3. The molecule has 132 valence electrons. The number of imide groups is 1. The number of hydrazine groups is 1. The lowest BCUT2D eigenvalue weighted by Crippen LogP contribution is -2.53. The van der Waals surface area contributed by atoms with E-state index in [1.165, 1.54) is 0 Å². The van der Waals surface area contributed by atoms with Crippen LogP contribution in [0, 0.1) is 0 Å². The van der Waals surface area contributed by atoms with E-state index >= 15 is 0 Å². The second kappa shape index (κ2) is 8.68. The molecule has 0 N–H and O–H groups in total. The molecule has 1 aromatic carbocycles. The molecule has 1 aliphatic heterocycles. The molecule has 7 nitrogen and oxygen atoms in total. The van der Waals surface area contributed by atoms with Crippen molar-refractivity contribution < 1.29 is 23.9 Å². The van der Waals surface area contributed by atoms with Gasteiger partial charge in [-0.25, -0.2) is 9.59 Å². The van der Waals surface area contributed by atoms with Crippen LogP contribution in [-0.2, 0) is 20.9 Å². The Morgan fingerprint density at radius 2 is 2.04 bits per heavy atom. The molecule has 0 unspecified atom stereocenters. The molecule has 7 heteroatoms. The summed E-state index contributed by atoms with van der Waals surface area (Å²) in [5.74, 6) is -0.763. The molecule has 1 atom stereocenters. The maximum Gasteiger partial charge on any atom is 0.436 e. The first-order valence-corrected chi connectivity index (χ1v) is 7.82. The predicted octanol–water partition coefficient (Wildman–Crippen LogP) is 3.04. The fraction of sp³-hybridized carbons (Fsp3) is 0.278. The van der Waals surface area contributed by atoms with Crippen LogP contribution in [-0.4, -0.2) is 40.8 Å². The van der Waals surface area contributed by atoms with Gasteiger partial charge < -0.3 is 9.47 Å². The van der Waals surface area contributed by atoms with Gasteiger partial charge in [0.05, 0.1) is 6.04 Å². The van der Waals surface area contributed by atoms with E-state index in [1.54, 1.807) is 30.3 Å². The zero-order chi connectivity index (χ0) is 18.2. The normalized spacial score (nSPS) is 16.1. The van der Waals surface area contributed by atoms with Crippen molar-refractivity contribution >= 4 is 18.1 Å². The van der Waals surface area contributed by atoms with Crippen molar-refractivity contribution in [3.05, 3.63) is 61.2 Å². The largest absolute Gasteiger partial charge is 0.446 e. The molecule has 1 fully saturated rings. The van der Waals surface area contributed by atoms with Crippen LogP contribution < -0.4 is 0 Å². The van der Waals surface area contributed by atoms with E-state index in [9.17, 15) is 14.4 Å². The van der Waals surface area contributed by atoms with E-state index in [0.29, 0.717) is 17.9 Å². The summed E-state index contributed by atoms with van der Waals surface area (Å²) in [4.78, 5) is 36.6. The van der Waals surface area contributed by atoms with Crippen molar-refractivity contribution in [1.29, 1.82) is 0 Å². The number of amides is 3. The van der Waals surface area contributed by atoms with E-state index in [1.807, 2.05) is 6.07 Å². The monoisotopic (exact) mass is 344 g/mol. The first kappa shape index (κ1) is 18.3. The van der Waals surface area contributed by atoms with Gasteiger partial charge in [-0.1, -0.05) is 43.0 Å². The van der Waals surface area contributed by atoms with Gasteiger partial charge in [0.25, 0.3) is 5.91 Å². The van der Waals surface area contributed by atoms with Crippen LogP contribution in [0.1, 0.15) is 18.4 Å². The number of cyclic esters (lactones) is 1. The summed E-state index contributed by atoms with van der Waals surface area (Å²) in [5, 5.41) is 1.62. The van der Waals surface area contributed by atoms with E-state index in [-0.39, 0.29) is 13.2 Å². The Morgan fingerprint density at radius 3 is 2.68 bits per heavy atom. The summed E-state index contributed by atoms with van der Waals surface area (Å²) in [6, 6.07) is 8.55. The third-order valence-electron chi connectivity index (χ3n) is 3.61. The minimum atomic E-state index is -0.962. The van der Waals surface area contributed by atoms with E-state index in [4.69, 9.17) is 9.47 Å². The van der Waals surface area contributed by atoms with E-state index < -0.39 is 24.1 Å². The fourth-order valence-electron chi connectivity index (χ4n) is 2.37. The van der Waals surface area contributed by atoms with Gasteiger partial charge in [0.2, 0.25) is 0 Å². The average molecular weight is 344 g/mol. The van der Waals surface area contributed by atoms with Gasteiger partial charge >= 0.3 is 12.2 Å². The van der Waals surface area contributed by atoms with Crippen LogP contribution in [0.5, 0.6) is 0 Å². The lowest BCUT2D eigenvalue weighted by atomic mass is 10.2. The Kier molecular flexibility index (Phi) is 6.33. The van der Waals surface area contributed by atoms with E-state index in [2.05, 4.69) is 13.2 Å². The van der Waals surface area contributed by atoms with Crippen molar-refractivity contribution in [2.24, 2.45) is 0 Å². The topological polar surface area (TPSA) is 76.2 Å². The maximum absolute atomic E-state index is 12.4. The molecule has 0 spiro atoms. The van der Waals surface area contributed by atoms with Gasteiger partial charge in [0.1, 0.15) is 13.2 Å². The summed E-state index contributed by atoms with van der Waals surface area (Å²) in [6.07, 6.45) is 2.00. The fourth-order valence-corrected chi connectivity index (χ4v) is 2.37. The lowest BCUT2D eigenvalue weighted by Gasteiger charge is -2.30. The molecule has 0 saturated carbocycles. The summed E-state index contributed by atoms with van der Waals surface area (Å²) in [7, 11) is 0. The van der Waals surface area contributed by atoms with Gasteiger partial charge in [0, 0.05) is 0 Å². The molecule has 2 rings (SSSR count). The minimum Gasteiger partial charge on any atom is -0.446 e. The molecular weight excluding hydrogens is 324 g/mol. The molecule has 1 heterocycles. The number of benzene rings is 1. The van der Waals surface area contributed by atoms with Gasteiger partial charge in [-0.15, -0.1) is 11.6 Å². The highest BCUT2D eigenvalue weighted by atomic mass is 16.6. The van der Waals surface area contributed by atoms with Crippen molar-refractivity contribution in [1.82, 2.24) is 10.0 Å². The highest BCUT2D eigenvalue weighted by Gasteiger charge is 2.42.